The summed E-state index contributed by atoms with van der Waals surface area (Å²) < 4.78 is 0. The molecule has 0 N–H and O–H groups in total. The molecule has 1 aliphatic rings. The molecule has 4 heteroatoms. The van der Waals surface area contributed by atoms with Gasteiger partial charge in [-0.15, -0.1) is 11.3 Å². The fraction of sp³-hybridized carbons (Fsp3) is 0.393. The smallest absolute Gasteiger partial charge is 0.254 e. The van der Waals surface area contributed by atoms with Crippen LogP contribution in [0.4, 0.5) is 0 Å². The van der Waals surface area contributed by atoms with Crippen LogP contribution in [-0.2, 0) is 6.54 Å². The molecule has 168 valence electrons. The predicted molar refractivity (Wildman–Crippen MR) is 134 cm³/mol. The van der Waals surface area contributed by atoms with E-state index < -0.39 is 0 Å². The number of rotatable bonds is 7. The number of likely N-dealkylation sites (tertiary alicyclic amines) is 1. The molecule has 32 heavy (non-hydrogen) atoms. The lowest BCUT2D eigenvalue weighted by molar-refractivity contribution is 0.0668. The molecular weight excluding hydrogens is 412 g/mol. The van der Waals surface area contributed by atoms with E-state index in [0.29, 0.717) is 11.8 Å². The molecule has 1 aliphatic heterocycles. The third-order valence-electron chi connectivity index (χ3n) is 6.78. The van der Waals surface area contributed by atoms with Gasteiger partial charge in [-0.05, 0) is 73.9 Å². The van der Waals surface area contributed by atoms with E-state index in [1.807, 2.05) is 41.7 Å². The van der Waals surface area contributed by atoms with Gasteiger partial charge in [-0.1, -0.05) is 42.5 Å². The summed E-state index contributed by atoms with van der Waals surface area (Å²) in [5.41, 5.74) is 4.94. The molecule has 3 aromatic rings. The molecule has 2 atom stereocenters. The van der Waals surface area contributed by atoms with Gasteiger partial charge in [0.05, 0.1) is 0 Å². The summed E-state index contributed by atoms with van der Waals surface area (Å²) in [6.07, 6.45) is 0. The Morgan fingerprint density at radius 2 is 1.72 bits per heavy atom. The van der Waals surface area contributed by atoms with E-state index in [4.69, 9.17) is 0 Å². The number of hydrogen-bond donors (Lipinski definition) is 0. The molecule has 1 amide bonds. The van der Waals surface area contributed by atoms with E-state index in [1.54, 1.807) is 0 Å². The van der Waals surface area contributed by atoms with E-state index in [1.165, 1.54) is 21.6 Å². The second kappa shape index (κ2) is 10.0. The highest BCUT2D eigenvalue weighted by Gasteiger charge is 2.37. The number of nitrogens with zero attached hydrogens (tertiary/aromatic N) is 2. The first kappa shape index (κ1) is 22.8. The molecule has 0 bridgehead atoms. The summed E-state index contributed by atoms with van der Waals surface area (Å²) >= 11 is 1.85. The minimum Gasteiger partial charge on any atom is -0.336 e. The summed E-state index contributed by atoms with van der Waals surface area (Å²) in [5.74, 6) is 0.976. The molecule has 1 aromatic heterocycles. The highest BCUT2D eigenvalue weighted by molar-refractivity contribution is 7.10. The maximum Gasteiger partial charge on any atom is 0.254 e. The van der Waals surface area contributed by atoms with Crippen LogP contribution in [0.25, 0.3) is 0 Å². The molecule has 0 unspecified atom stereocenters. The van der Waals surface area contributed by atoms with E-state index in [2.05, 4.69) is 73.2 Å². The van der Waals surface area contributed by atoms with Gasteiger partial charge >= 0.3 is 0 Å². The summed E-state index contributed by atoms with van der Waals surface area (Å²) in [5, 5.41) is 2.19. The van der Waals surface area contributed by atoms with Crippen LogP contribution >= 0.6 is 11.3 Å². The van der Waals surface area contributed by atoms with Gasteiger partial charge in [0.25, 0.3) is 5.91 Å². The lowest BCUT2D eigenvalue weighted by Crippen LogP contribution is -2.42. The molecule has 0 radical (unpaired) electrons. The highest BCUT2D eigenvalue weighted by Crippen LogP contribution is 2.36. The molecule has 0 aliphatic carbocycles. The Bertz CT molecular complexity index is 1040. The summed E-state index contributed by atoms with van der Waals surface area (Å²) in [6, 6.07) is 20.9. The highest BCUT2D eigenvalue weighted by atomic mass is 32.1. The van der Waals surface area contributed by atoms with Crippen LogP contribution in [-0.4, -0.2) is 41.4 Å². The Kier molecular flexibility index (Phi) is 7.12. The molecule has 1 fully saturated rings. The van der Waals surface area contributed by atoms with Crippen molar-refractivity contribution in [1.29, 1.82) is 0 Å². The Morgan fingerprint density at radius 3 is 2.38 bits per heavy atom. The second-order valence-electron chi connectivity index (χ2n) is 9.36. The molecule has 2 aromatic carbocycles. The monoisotopic (exact) mass is 446 g/mol. The van der Waals surface area contributed by atoms with Crippen LogP contribution in [0.1, 0.15) is 51.7 Å². The first-order valence-corrected chi connectivity index (χ1v) is 12.5. The van der Waals surface area contributed by atoms with Crippen LogP contribution in [0.15, 0.2) is 66.0 Å². The van der Waals surface area contributed by atoms with Crippen molar-refractivity contribution in [3.05, 3.63) is 93.2 Å². The second-order valence-corrected chi connectivity index (χ2v) is 10.4. The zero-order valence-electron chi connectivity index (χ0n) is 19.6. The van der Waals surface area contributed by atoms with Crippen molar-refractivity contribution in [1.82, 2.24) is 9.80 Å². The lowest BCUT2D eigenvalue weighted by atomic mass is 9.86. The molecule has 3 nitrogen and oxygen atoms in total. The predicted octanol–water partition coefficient (Wildman–Crippen LogP) is 6.13. The van der Waals surface area contributed by atoms with Gasteiger partial charge in [0.1, 0.15) is 0 Å². The number of thiophene rings is 1. The average Bonchev–Trinajstić information content (AvgIpc) is 3.38. The Hall–Kier alpha value is -2.43. The maximum absolute atomic E-state index is 13.4. The Morgan fingerprint density at radius 1 is 1.00 bits per heavy atom. The topological polar surface area (TPSA) is 23.6 Å². The third kappa shape index (κ3) is 4.97. The van der Waals surface area contributed by atoms with E-state index in [0.717, 1.165) is 31.7 Å². The van der Waals surface area contributed by atoms with Crippen molar-refractivity contribution in [3.8, 4) is 0 Å². The van der Waals surface area contributed by atoms with Gasteiger partial charge < -0.3 is 4.90 Å². The fourth-order valence-corrected chi connectivity index (χ4v) is 5.87. The molecule has 1 saturated heterocycles. The molecule has 4 rings (SSSR count). The number of carbonyl (C=O) groups excluding carboxylic acids is 1. The Labute approximate surface area is 196 Å². The zero-order valence-corrected chi connectivity index (χ0v) is 20.4. The molecular formula is C28H34N2OS. The quantitative estimate of drug-likeness (QED) is 0.436. The van der Waals surface area contributed by atoms with Crippen molar-refractivity contribution in [3.63, 3.8) is 0 Å². The first-order valence-electron chi connectivity index (χ1n) is 11.6. The van der Waals surface area contributed by atoms with Crippen LogP contribution in [0.2, 0.25) is 0 Å². The summed E-state index contributed by atoms with van der Waals surface area (Å²) in [6.45, 7) is 12.5. The van der Waals surface area contributed by atoms with Gasteiger partial charge in [-0.3, -0.25) is 9.69 Å². The summed E-state index contributed by atoms with van der Waals surface area (Å²) in [4.78, 5) is 19.5. The Balaban J connectivity index is 1.59. The van der Waals surface area contributed by atoms with Crippen molar-refractivity contribution >= 4 is 17.2 Å². The van der Waals surface area contributed by atoms with E-state index >= 15 is 0 Å². The first-order chi connectivity index (χ1) is 15.4. The zero-order chi connectivity index (χ0) is 22.7. The minimum atomic E-state index is 0.136. The number of benzene rings is 2. The fourth-order valence-electron chi connectivity index (χ4n) is 4.93. The van der Waals surface area contributed by atoms with Crippen LogP contribution in [0.5, 0.6) is 0 Å². The maximum atomic E-state index is 13.4. The van der Waals surface area contributed by atoms with Gasteiger partial charge in [0.15, 0.2) is 0 Å². The van der Waals surface area contributed by atoms with Crippen molar-refractivity contribution in [2.75, 3.05) is 19.6 Å². The SMILES string of the molecule is Cc1ccccc1[C@H]1CN(Cc2sccc2C)C[C@H]1CN(C(=O)c1ccccc1)C(C)C. The van der Waals surface area contributed by atoms with Crippen molar-refractivity contribution in [2.45, 2.75) is 46.2 Å². The number of amides is 1. The van der Waals surface area contributed by atoms with E-state index in [9.17, 15) is 4.79 Å². The minimum absolute atomic E-state index is 0.136. The van der Waals surface area contributed by atoms with Gasteiger partial charge in [-0.25, -0.2) is 0 Å². The molecule has 2 heterocycles. The van der Waals surface area contributed by atoms with Crippen molar-refractivity contribution in [2.24, 2.45) is 5.92 Å². The number of aryl methyl sites for hydroxylation is 2. The normalized spacial score (nSPS) is 18.9. The largest absolute Gasteiger partial charge is 0.336 e. The van der Waals surface area contributed by atoms with Gasteiger partial charge in [0, 0.05) is 48.6 Å². The average molecular weight is 447 g/mol. The van der Waals surface area contributed by atoms with Crippen molar-refractivity contribution < 1.29 is 4.79 Å². The standard InChI is InChI=1S/C28H34N2OS/c1-20(2)30(28(31)23-11-6-5-7-12-23)17-24-16-29(19-27-22(4)14-15-32-27)18-26(24)25-13-9-8-10-21(25)3/h5-15,20,24,26H,16-19H2,1-4H3/t24-,26-/m0/s1. The third-order valence-corrected chi connectivity index (χ3v) is 7.78. The summed E-state index contributed by atoms with van der Waals surface area (Å²) in [7, 11) is 0. The molecule has 0 spiro atoms. The van der Waals surface area contributed by atoms with Gasteiger partial charge in [-0.2, -0.15) is 0 Å². The number of carbonyl (C=O) groups is 1. The lowest BCUT2D eigenvalue weighted by Gasteiger charge is -2.32. The van der Waals surface area contributed by atoms with Crippen LogP contribution < -0.4 is 0 Å². The van der Waals surface area contributed by atoms with E-state index in [-0.39, 0.29) is 11.9 Å². The van der Waals surface area contributed by atoms with Crippen LogP contribution in [0.3, 0.4) is 0 Å². The molecule has 0 saturated carbocycles. The number of hydrogen-bond acceptors (Lipinski definition) is 3. The van der Waals surface area contributed by atoms with Gasteiger partial charge in [0.2, 0.25) is 0 Å². The van der Waals surface area contributed by atoms with Crippen LogP contribution in [0, 0.1) is 19.8 Å².